The van der Waals surface area contributed by atoms with Crippen LogP contribution in [0.2, 0.25) is 0 Å². The molecular weight excluding hydrogens is 241 g/mol. The second-order valence-electron chi connectivity index (χ2n) is 4.01. The zero-order valence-corrected chi connectivity index (χ0v) is 11.0. The van der Waals surface area contributed by atoms with E-state index in [1.54, 1.807) is 6.92 Å². The molecule has 0 saturated carbocycles. The molecule has 0 aliphatic heterocycles. The van der Waals surface area contributed by atoms with E-state index in [1.807, 2.05) is 0 Å². The molecule has 0 bridgehead atoms. The molecule has 0 radical (unpaired) electrons. The average molecular weight is 259 g/mol. The highest BCUT2D eigenvalue weighted by Crippen LogP contribution is 2.15. The molecule has 5 heteroatoms. The van der Waals surface area contributed by atoms with Gasteiger partial charge in [0.1, 0.15) is 5.82 Å². The van der Waals surface area contributed by atoms with Gasteiger partial charge < -0.3 is 0 Å². The first-order valence-corrected chi connectivity index (χ1v) is 7.21. The summed E-state index contributed by atoms with van der Waals surface area (Å²) in [7, 11) is -3.50. The number of hydrogen-bond acceptors (Lipinski definition) is 2. The van der Waals surface area contributed by atoms with E-state index in [-0.39, 0.29) is 4.90 Å². The smallest absolute Gasteiger partial charge is 0.211 e. The number of rotatable bonds is 6. The average Bonchev–Trinajstić information content (AvgIpc) is 2.24. The van der Waals surface area contributed by atoms with Crippen molar-refractivity contribution in [3.8, 4) is 0 Å². The highest BCUT2D eigenvalue weighted by atomic mass is 32.2. The molecule has 0 atom stereocenters. The Bertz CT molecular complexity index is 471. The second kappa shape index (κ2) is 6.12. The van der Waals surface area contributed by atoms with Gasteiger partial charge in [0.05, 0.1) is 4.90 Å². The fourth-order valence-electron chi connectivity index (χ4n) is 1.57. The predicted octanol–water partition coefficient (Wildman–Crippen LogP) is 2.60. The van der Waals surface area contributed by atoms with Crippen LogP contribution in [-0.4, -0.2) is 15.0 Å². The van der Waals surface area contributed by atoms with Crippen LogP contribution < -0.4 is 4.72 Å². The topological polar surface area (TPSA) is 46.2 Å². The summed E-state index contributed by atoms with van der Waals surface area (Å²) in [5.41, 5.74) is 0.424. The zero-order valence-electron chi connectivity index (χ0n) is 10.2. The van der Waals surface area contributed by atoms with Crippen molar-refractivity contribution in [3.05, 3.63) is 29.6 Å². The lowest BCUT2D eigenvalue weighted by molar-refractivity contribution is 0.574. The van der Waals surface area contributed by atoms with Crippen LogP contribution in [0, 0.1) is 12.7 Å². The first-order valence-electron chi connectivity index (χ1n) is 5.73. The summed E-state index contributed by atoms with van der Waals surface area (Å²) < 4.78 is 39.2. The number of halogens is 1. The van der Waals surface area contributed by atoms with Gasteiger partial charge in [0.25, 0.3) is 0 Å². The van der Waals surface area contributed by atoms with Gasteiger partial charge in [-0.2, -0.15) is 0 Å². The van der Waals surface area contributed by atoms with E-state index in [1.165, 1.54) is 12.1 Å². The van der Waals surface area contributed by atoms with E-state index in [9.17, 15) is 12.8 Å². The molecular formula is C12H18FNO2S. The van der Waals surface area contributed by atoms with Gasteiger partial charge in [0, 0.05) is 6.54 Å². The summed E-state index contributed by atoms with van der Waals surface area (Å²) >= 11 is 0. The third-order valence-electron chi connectivity index (χ3n) is 2.50. The Hall–Kier alpha value is -0.940. The molecule has 96 valence electrons. The molecule has 1 aromatic rings. The number of sulfonamides is 1. The van der Waals surface area contributed by atoms with Crippen LogP contribution in [0.25, 0.3) is 0 Å². The van der Waals surface area contributed by atoms with Gasteiger partial charge in [-0.1, -0.05) is 19.8 Å². The first kappa shape index (κ1) is 14.1. The lowest BCUT2D eigenvalue weighted by Gasteiger charge is -2.08. The maximum atomic E-state index is 12.9. The quantitative estimate of drug-likeness (QED) is 0.798. The van der Waals surface area contributed by atoms with Crippen molar-refractivity contribution in [1.29, 1.82) is 0 Å². The Morgan fingerprint density at radius 3 is 2.59 bits per heavy atom. The summed E-state index contributed by atoms with van der Waals surface area (Å²) in [5.74, 6) is -0.424. The van der Waals surface area contributed by atoms with Crippen molar-refractivity contribution in [2.45, 2.75) is 38.0 Å². The zero-order chi connectivity index (χ0) is 12.9. The SMILES string of the molecule is CCCCCNS(=O)(=O)c1ccc(F)cc1C. The molecule has 0 saturated heterocycles. The molecule has 1 aromatic carbocycles. The van der Waals surface area contributed by atoms with Crippen LogP contribution in [0.1, 0.15) is 31.7 Å². The van der Waals surface area contributed by atoms with Crippen molar-refractivity contribution >= 4 is 10.0 Å². The standard InChI is InChI=1S/C12H18FNO2S/c1-3-4-5-8-14-17(15,16)12-7-6-11(13)9-10(12)2/h6-7,9,14H,3-5,8H2,1-2H3. The van der Waals surface area contributed by atoms with Gasteiger partial charge in [-0.05, 0) is 37.1 Å². The fraction of sp³-hybridized carbons (Fsp3) is 0.500. The van der Waals surface area contributed by atoms with Crippen LogP contribution in [0.4, 0.5) is 4.39 Å². The summed E-state index contributed by atoms with van der Waals surface area (Å²) in [6, 6.07) is 3.68. The molecule has 3 nitrogen and oxygen atoms in total. The Balaban J connectivity index is 2.76. The molecule has 0 aliphatic rings. The van der Waals surface area contributed by atoms with E-state index in [0.717, 1.165) is 25.3 Å². The van der Waals surface area contributed by atoms with Crippen LogP contribution in [0.15, 0.2) is 23.1 Å². The highest BCUT2D eigenvalue weighted by Gasteiger charge is 2.16. The molecule has 0 spiro atoms. The minimum atomic E-state index is -3.50. The Morgan fingerprint density at radius 1 is 1.29 bits per heavy atom. The molecule has 1 rings (SSSR count). The number of unbranched alkanes of at least 4 members (excludes halogenated alkanes) is 2. The third-order valence-corrected chi connectivity index (χ3v) is 4.12. The van der Waals surface area contributed by atoms with Crippen molar-refractivity contribution in [2.75, 3.05) is 6.54 Å². The van der Waals surface area contributed by atoms with Crippen molar-refractivity contribution in [1.82, 2.24) is 4.72 Å². The maximum Gasteiger partial charge on any atom is 0.240 e. The van der Waals surface area contributed by atoms with Gasteiger partial charge in [-0.25, -0.2) is 17.5 Å². The summed E-state index contributed by atoms with van der Waals surface area (Å²) in [5, 5.41) is 0. The minimum Gasteiger partial charge on any atom is -0.211 e. The largest absolute Gasteiger partial charge is 0.240 e. The molecule has 0 unspecified atom stereocenters. The lowest BCUT2D eigenvalue weighted by Crippen LogP contribution is -2.25. The second-order valence-corrected chi connectivity index (χ2v) is 5.75. The van der Waals surface area contributed by atoms with E-state index >= 15 is 0 Å². The van der Waals surface area contributed by atoms with Crippen molar-refractivity contribution in [2.24, 2.45) is 0 Å². The van der Waals surface area contributed by atoms with Gasteiger partial charge >= 0.3 is 0 Å². The number of hydrogen-bond donors (Lipinski definition) is 1. The summed E-state index contributed by atoms with van der Waals surface area (Å²) in [6.07, 6.45) is 2.85. The van der Waals surface area contributed by atoms with Gasteiger partial charge in [-0.15, -0.1) is 0 Å². The molecule has 17 heavy (non-hydrogen) atoms. The van der Waals surface area contributed by atoms with Gasteiger partial charge in [-0.3, -0.25) is 0 Å². The molecule has 0 aromatic heterocycles. The Morgan fingerprint density at radius 2 is 2.00 bits per heavy atom. The summed E-state index contributed by atoms with van der Waals surface area (Å²) in [6.45, 7) is 4.06. The maximum absolute atomic E-state index is 12.9. The van der Waals surface area contributed by atoms with Crippen LogP contribution in [0.5, 0.6) is 0 Å². The summed E-state index contributed by atoms with van der Waals surface area (Å²) in [4.78, 5) is 0.149. The predicted molar refractivity (Wildman–Crippen MR) is 65.9 cm³/mol. The monoisotopic (exact) mass is 259 g/mol. The van der Waals surface area contributed by atoms with Crippen molar-refractivity contribution in [3.63, 3.8) is 0 Å². The number of nitrogens with one attached hydrogen (secondary N) is 1. The van der Waals surface area contributed by atoms with Gasteiger partial charge in [0.15, 0.2) is 0 Å². The Kier molecular flexibility index (Phi) is 5.08. The van der Waals surface area contributed by atoms with E-state index in [4.69, 9.17) is 0 Å². The third kappa shape index (κ3) is 4.09. The molecule has 0 fully saturated rings. The lowest BCUT2D eigenvalue weighted by atomic mass is 10.2. The van der Waals surface area contributed by atoms with Crippen molar-refractivity contribution < 1.29 is 12.8 Å². The first-order chi connectivity index (χ1) is 7.97. The normalized spacial score (nSPS) is 11.7. The molecule has 0 aliphatic carbocycles. The van der Waals surface area contributed by atoms with E-state index in [0.29, 0.717) is 12.1 Å². The minimum absolute atomic E-state index is 0.149. The van der Waals surface area contributed by atoms with E-state index in [2.05, 4.69) is 11.6 Å². The molecule has 1 N–H and O–H groups in total. The molecule has 0 amide bonds. The fourth-order valence-corrected chi connectivity index (χ4v) is 2.87. The van der Waals surface area contributed by atoms with Crippen LogP contribution >= 0.6 is 0 Å². The van der Waals surface area contributed by atoms with E-state index < -0.39 is 15.8 Å². The number of aryl methyl sites for hydroxylation is 1. The van der Waals surface area contributed by atoms with Crippen LogP contribution in [-0.2, 0) is 10.0 Å². The Labute approximate surface area is 102 Å². The molecule has 0 heterocycles. The number of benzene rings is 1. The van der Waals surface area contributed by atoms with Crippen LogP contribution in [0.3, 0.4) is 0 Å². The van der Waals surface area contributed by atoms with Gasteiger partial charge in [0.2, 0.25) is 10.0 Å². The highest BCUT2D eigenvalue weighted by molar-refractivity contribution is 7.89.